The lowest BCUT2D eigenvalue weighted by molar-refractivity contribution is 0.139. The molecule has 3 nitrogen and oxygen atoms in total. The number of aliphatic imine (C=N–C) groups is 1. The molecule has 4 heteroatoms. The summed E-state index contributed by atoms with van der Waals surface area (Å²) < 4.78 is 6.36. The standard InChI is InChI=1S/C23H28N2O.ClH/c1-6-24-18-12-16-13-22(2,3)25-20(15-10-8-7-9-11-15)19(16)17-14-23(4,5)26-21(17)18;/h7-12,24H,6,13-14H2,1-5H3;1H. The van der Waals surface area contributed by atoms with Gasteiger partial charge in [0.05, 0.1) is 16.9 Å². The van der Waals surface area contributed by atoms with Crippen molar-refractivity contribution in [3.8, 4) is 5.75 Å². The average molecular weight is 385 g/mol. The van der Waals surface area contributed by atoms with Crippen LogP contribution in [-0.4, -0.2) is 23.4 Å². The van der Waals surface area contributed by atoms with Crippen molar-refractivity contribution >= 4 is 23.8 Å². The van der Waals surface area contributed by atoms with Crippen LogP contribution in [0.2, 0.25) is 0 Å². The van der Waals surface area contributed by atoms with Crippen LogP contribution in [0.15, 0.2) is 41.4 Å². The highest BCUT2D eigenvalue weighted by atomic mass is 35.5. The first-order valence-corrected chi connectivity index (χ1v) is 9.57. The first-order valence-electron chi connectivity index (χ1n) is 9.57. The van der Waals surface area contributed by atoms with Crippen LogP contribution in [0, 0.1) is 0 Å². The van der Waals surface area contributed by atoms with E-state index in [2.05, 4.69) is 76.3 Å². The molecule has 0 fully saturated rings. The molecule has 0 unspecified atom stereocenters. The van der Waals surface area contributed by atoms with E-state index in [1.807, 2.05) is 0 Å². The topological polar surface area (TPSA) is 33.6 Å². The SMILES string of the molecule is CCNc1cc2c(c3c1OC(C)(C)C3)C(c1ccccc1)=NC(C)(C)C2.Cl. The van der Waals surface area contributed by atoms with Crippen LogP contribution in [0.3, 0.4) is 0 Å². The number of benzene rings is 2. The van der Waals surface area contributed by atoms with Crippen molar-refractivity contribution in [3.05, 3.63) is 58.7 Å². The molecule has 0 atom stereocenters. The van der Waals surface area contributed by atoms with Gasteiger partial charge in [-0.15, -0.1) is 12.4 Å². The molecule has 2 aliphatic heterocycles. The Balaban J connectivity index is 0.00000210. The van der Waals surface area contributed by atoms with E-state index in [4.69, 9.17) is 9.73 Å². The highest BCUT2D eigenvalue weighted by Crippen LogP contribution is 2.46. The molecule has 1 N–H and O–H groups in total. The number of anilines is 1. The number of halogens is 1. The molecule has 2 aromatic carbocycles. The molecule has 0 spiro atoms. The molecule has 2 heterocycles. The third kappa shape index (κ3) is 3.58. The maximum atomic E-state index is 6.36. The molecule has 0 aliphatic carbocycles. The van der Waals surface area contributed by atoms with Crippen LogP contribution in [0.4, 0.5) is 5.69 Å². The van der Waals surface area contributed by atoms with Crippen LogP contribution in [0.5, 0.6) is 5.75 Å². The fourth-order valence-corrected chi connectivity index (χ4v) is 4.23. The van der Waals surface area contributed by atoms with Gasteiger partial charge >= 0.3 is 0 Å². The molecule has 0 radical (unpaired) electrons. The first-order chi connectivity index (χ1) is 12.3. The number of fused-ring (bicyclic) bond motifs is 3. The van der Waals surface area contributed by atoms with Crippen LogP contribution in [-0.2, 0) is 12.8 Å². The summed E-state index contributed by atoms with van der Waals surface area (Å²) in [6.45, 7) is 11.8. The summed E-state index contributed by atoms with van der Waals surface area (Å²) in [6, 6.07) is 12.9. The van der Waals surface area contributed by atoms with Gasteiger partial charge < -0.3 is 10.1 Å². The average Bonchev–Trinajstić information content (AvgIpc) is 2.89. The van der Waals surface area contributed by atoms with E-state index < -0.39 is 0 Å². The molecule has 0 amide bonds. The molecule has 0 saturated heterocycles. The van der Waals surface area contributed by atoms with E-state index in [0.29, 0.717) is 0 Å². The third-order valence-corrected chi connectivity index (χ3v) is 5.13. The predicted molar refractivity (Wildman–Crippen MR) is 116 cm³/mol. The van der Waals surface area contributed by atoms with Crippen LogP contribution < -0.4 is 10.1 Å². The van der Waals surface area contributed by atoms with Crippen LogP contribution >= 0.6 is 12.4 Å². The van der Waals surface area contributed by atoms with Crippen molar-refractivity contribution in [2.45, 2.75) is 58.6 Å². The summed E-state index contributed by atoms with van der Waals surface area (Å²) in [4.78, 5) is 5.17. The lowest BCUT2D eigenvalue weighted by atomic mass is 9.81. The molecule has 27 heavy (non-hydrogen) atoms. The van der Waals surface area contributed by atoms with Gasteiger partial charge in [-0.2, -0.15) is 0 Å². The highest BCUT2D eigenvalue weighted by Gasteiger charge is 2.39. The Morgan fingerprint density at radius 1 is 1.07 bits per heavy atom. The number of hydrogen-bond acceptors (Lipinski definition) is 3. The fourth-order valence-electron chi connectivity index (χ4n) is 4.23. The van der Waals surface area contributed by atoms with Gasteiger partial charge in [0.2, 0.25) is 0 Å². The van der Waals surface area contributed by atoms with Crippen molar-refractivity contribution in [1.29, 1.82) is 0 Å². The molecular weight excluding hydrogens is 356 g/mol. The van der Waals surface area contributed by atoms with E-state index >= 15 is 0 Å². The number of ether oxygens (including phenoxy) is 1. The zero-order valence-corrected chi connectivity index (χ0v) is 17.7. The summed E-state index contributed by atoms with van der Waals surface area (Å²) in [5.74, 6) is 1.01. The number of hydrogen-bond donors (Lipinski definition) is 1. The van der Waals surface area contributed by atoms with Gasteiger partial charge in [0.1, 0.15) is 11.4 Å². The zero-order valence-electron chi connectivity index (χ0n) is 16.8. The van der Waals surface area contributed by atoms with E-state index in [9.17, 15) is 0 Å². The second kappa shape index (κ2) is 6.87. The molecular formula is C23H29ClN2O. The summed E-state index contributed by atoms with van der Waals surface area (Å²) in [5.41, 5.74) is 7.10. The molecule has 4 rings (SSSR count). The Bertz CT molecular complexity index is 885. The van der Waals surface area contributed by atoms with Gasteiger partial charge in [0, 0.05) is 29.7 Å². The molecule has 0 aromatic heterocycles. The summed E-state index contributed by atoms with van der Waals surface area (Å²) >= 11 is 0. The Morgan fingerprint density at radius 3 is 2.44 bits per heavy atom. The van der Waals surface area contributed by atoms with Gasteiger partial charge in [0.15, 0.2) is 0 Å². The van der Waals surface area contributed by atoms with Gasteiger partial charge in [-0.1, -0.05) is 30.3 Å². The minimum atomic E-state index is -0.184. The Kier molecular flexibility index (Phi) is 5.02. The van der Waals surface area contributed by atoms with Gasteiger partial charge in [-0.25, -0.2) is 0 Å². The second-order valence-corrected chi connectivity index (χ2v) is 8.65. The van der Waals surface area contributed by atoms with E-state index in [1.165, 1.54) is 22.3 Å². The third-order valence-electron chi connectivity index (χ3n) is 5.13. The normalized spacial score (nSPS) is 18.5. The van der Waals surface area contributed by atoms with Gasteiger partial charge in [0.25, 0.3) is 0 Å². The quantitative estimate of drug-likeness (QED) is 0.765. The van der Waals surface area contributed by atoms with Crippen molar-refractivity contribution < 1.29 is 4.74 Å². The lowest BCUT2D eigenvalue weighted by Crippen LogP contribution is -2.30. The summed E-state index contributed by atoms with van der Waals surface area (Å²) in [6.07, 6.45) is 1.86. The van der Waals surface area contributed by atoms with Gasteiger partial charge in [-0.05, 0) is 52.7 Å². The lowest BCUT2D eigenvalue weighted by Gasteiger charge is -2.31. The van der Waals surface area contributed by atoms with Crippen LogP contribution in [0.1, 0.15) is 56.9 Å². The highest BCUT2D eigenvalue weighted by molar-refractivity contribution is 6.16. The molecule has 2 aliphatic rings. The maximum Gasteiger partial charge on any atom is 0.147 e. The number of rotatable bonds is 3. The van der Waals surface area contributed by atoms with Crippen molar-refractivity contribution in [3.63, 3.8) is 0 Å². The minimum absolute atomic E-state index is 0. The van der Waals surface area contributed by atoms with Crippen molar-refractivity contribution in [1.82, 2.24) is 0 Å². The number of nitrogens with one attached hydrogen (secondary N) is 1. The van der Waals surface area contributed by atoms with Crippen molar-refractivity contribution in [2.75, 3.05) is 11.9 Å². The second-order valence-electron chi connectivity index (χ2n) is 8.65. The van der Waals surface area contributed by atoms with E-state index in [1.54, 1.807) is 0 Å². The maximum absolute atomic E-state index is 6.36. The van der Waals surface area contributed by atoms with Crippen molar-refractivity contribution in [2.24, 2.45) is 4.99 Å². The largest absolute Gasteiger partial charge is 0.485 e. The summed E-state index contributed by atoms with van der Waals surface area (Å²) in [5, 5.41) is 3.51. The predicted octanol–water partition coefficient (Wildman–Crippen LogP) is 5.43. The Labute approximate surface area is 168 Å². The molecule has 144 valence electrons. The zero-order chi connectivity index (χ0) is 18.5. The minimum Gasteiger partial charge on any atom is -0.485 e. The Hall–Kier alpha value is -2.00. The van der Waals surface area contributed by atoms with E-state index in [0.717, 1.165) is 36.5 Å². The summed E-state index contributed by atoms with van der Waals surface area (Å²) in [7, 11) is 0. The monoisotopic (exact) mass is 384 g/mol. The first kappa shape index (κ1) is 19.8. The smallest absolute Gasteiger partial charge is 0.147 e. The van der Waals surface area contributed by atoms with E-state index in [-0.39, 0.29) is 23.5 Å². The fraction of sp³-hybridized carbons (Fsp3) is 0.435. The molecule has 0 saturated carbocycles. The number of nitrogens with zero attached hydrogens (tertiary/aromatic N) is 1. The van der Waals surface area contributed by atoms with Crippen LogP contribution in [0.25, 0.3) is 0 Å². The van der Waals surface area contributed by atoms with Gasteiger partial charge in [-0.3, -0.25) is 4.99 Å². The molecule has 0 bridgehead atoms. The molecule has 2 aromatic rings. The Morgan fingerprint density at radius 2 is 1.78 bits per heavy atom.